The van der Waals surface area contributed by atoms with Gasteiger partial charge < -0.3 is 4.98 Å². The molecule has 0 saturated carbocycles. The van der Waals surface area contributed by atoms with E-state index >= 15 is 0 Å². The van der Waals surface area contributed by atoms with E-state index in [1.807, 2.05) is 11.3 Å². The van der Waals surface area contributed by atoms with Gasteiger partial charge in [-0.15, -0.1) is 11.3 Å². The summed E-state index contributed by atoms with van der Waals surface area (Å²) in [6.45, 7) is 0. The molecule has 2 aromatic heterocycles. The molecule has 2 heterocycles. The lowest BCUT2D eigenvalue weighted by molar-refractivity contribution is 1.56. The van der Waals surface area contributed by atoms with E-state index in [1.54, 1.807) is 0 Å². The maximum absolute atomic E-state index is 3.56. The van der Waals surface area contributed by atoms with E-state index in [1.165, 1.54) is 42.7 Å². The molecule has 0 amide bonds. The van der Waals surface area contributed by atoms with Crippen LogP contribution in [-0.4, -0.2) is 4.98 Å². The number of H-pyrrole nitrogens is 1. The van der Waals surface area contributed by atoms with Crippen LogP contribution in [0.4, 0.5) is 0 Å². The fraction of sp³-hybridized carbons (Fsp3) is 0. The van der Waals surface area contributed by atoms with Crippen LogP contribution in [0.2, 0.25) is 0 Å². The van der Waals surface area contributed by atoms with Gasteiger partial charge in [0.15, 0.2) is 0 Å². The van der Waals surface area contributed by atoms with Crippen molar-refractivity contribution in [3.63, 3.8) is 0 Å². The number of rotatable bonds is 0. The Morgan fingerprint density at radius 3 is 2.45 bits per heavy atom. The maximum atomic E-state index is 3.56. The maximum Gasteiger partial charge on any atom is 0.0479 e. The van der Waals surface area contributed by atoms with Crippen molar-refractivity contribution >= 4 is 54.0 Å². The average molecular weight is 273 g/mol. The van der Waals surface area contributed by atoms with Crippen LogP contribution < -0.4 is 0 Å². The van der Waals surface area contributed by atoms with E-state index in [0.29, 0.717) is 0 Å². The van der Waals surface area contributed by atoms with E-state index in [0.717, 1.165) is 0 Å². The SMILES string of the molecule is c1ccc2c(c1)ccc1[nH]c3ccc4ccsc4c3c12. The molecule has 0 fully saturated rings. The van der Waals surface area contributed by atoms with Crippen LogP contribution in [0.15, 0.2) is 60.0 Å². The van der Waals surface area contributed by atoms with Gasteiger partial charge in [-0.25, -0.2) is 0 Å². The highest BCUT2D eigenvalue weighted by Gasteiger charge is 2.11. The third-order valence-corrected chi connectivity index (χ3v) is 5.02. The van der Waals surface area contributed by atoms with Gasteiger partial charge in [-0.05, 0) is 39.7 Å². The second-order valence-corrected chi connectivity index (χ2v) is 6.08. The Hall–Kier alpha value is -2.32. The van der Waals surface area contributed by atoms with Crippen LogP contribution in [0.3, 0.4) is 0 Å². The molecule has 94 valence electrons. The molecule has 0 unspecified atom stereocenters. The Bertz CT molecular complexity index is 1100. The largest absolute Gasteiger partial charge is 0.354 e. The van der Waals surface area contributed by atoms with Crippen molar-refractivity contribution < 1.29 is 0 Å². The first kappa shape index (κ1) is 10.5. The minimum atomic E-state index is 1.22. The summed E-state index contributed by atoms with van der Waals surface area (Å²) in [5.74, 6) is 0. The van der Waals surface area contributed by atoms with Gasteiger partial charge in [-0.1, -0.05) is 36.4 Å². The summed E-state index contributed by atoms with van der Waals surface area (Å²) < 4.78 is 1.38. The molecule has 0 aliphatic heterocycles. The molecule has 1 N–H and O–H groups in total. The fourth-order valence-corrected chi connectivity index (χ4v) is 4.13. The number of benzene rings is 3. The van der Waals surface area contributed by atoms with Crippen molar-refractivity contribution in [1.82, 2.24) is 4.98 Å². The highest BCUT2D eigenvalue weighted by molar-refractivity contribution is 7.18. The van der Waals surface area contributed by atoms with E-state index in [-0.39, 0.29) is 0 Å². The zero-order valence-corrected chi connectivity index (χ0v) is 11.5. The van der Waals surface area contributed by atoms with Gasteiger partial charge in [0.25, 0.3) is 0 Å². The minimum absolute atomic E-state index is 1.22. The van der Waals surface area contributed by atoms with Crippen LogP contribution in [0, 0.1) is 0 Å². The second kappa shape index (κ2) is 3.62. The molecule has 0 radical (unpaired) electrons. The molecular formula is C18H11NS. The summed E-state index contributed by atoms with van der Waals surface area (Å²) in [4.78, 5) is 3.56. The number of aromatic nitrogens is 1. The first-order valence-electron chi connectivity index (χ1n) is 6.71. The van der Waals surface area contributed by atoms with Crippen molar-refractivity contribution in [3.05, 3.63) is 60.0 Å². The third-order valence-electron chi connectivity index (χ3n) is 4.07. The Morgan fingerprint density at radius 1 is 0.700 bits per heavy atom. The predicted octanol–water partition coefficient (Wildman–Crippen LogP) is 5.69. The van der Waals surface area contributed by atoms with Crippen LogP contribution in [-0.2, 0) is 0 Å². The first-order valence-corrected chi connectivity index (χ1v) is 7.59. The van der Waals surface area contributed by atoms with Crippen molar-refractivity contribution in [2.24, 2.45) is 0 Å². The molecule has 1 nitrogen and oxygen atoms in total. The molecule has 0 saturated heterocycles. The first-order chi connectivity index (χ1) is 9.92. The van der Waals surface area contributed by atoms with Crippen molar-refractivity contribution in [1.29, 1.82) is 0 Å². The molecule has 3 aromatic carbocycles. The zero-order chi connectivity index (χ0) is 13.1. The van der Waals surface area contributed by atoms with Crippen LogP contribution in [0.1, 0.15) is 0 Å². The fourth-order valence-electron chi connectivity index (χ4n) is 3.17. The van der Waals surface area contributed by atoms with Crippen molar-refractivity contribution in [3.8, 4) is 0 Å². The van der Waals surface area contributed by atoms with E-state index < -0.39 is 0 Å². The summed E-state index contributed by atoms with van der Waals surface area (Å²) in [6, 6.07) is 19.6. The summed E-state index contributed by atoms with van der Waals surface area (Å²) in [7, 11) is 0. The highest BCUT2D eigenvalue weighted by atomic mass is 32.1. The lowest BCUT2D eigenvalue weighted by atomic mass is 10.0. The molecule has 0 aliphatic carbocycles. The number of hydrogen-bond donors (Lipinski definition) is 1. The molecular weight excluding hydrogens is 262 g/mol. The normalized spacial score (nSPS) is 12.0. The molecule has 0 atom stereocenters. The van der Waals surface area contributed by atoms with E-state index in [9.17, 15) is 0 Å². The third kappa shape index (κ3) is 1.22. The van der Waals surface area contributed by atoms with Gasteiger partial charge in [0.2, 0.25) is 0 Å². The van der Waals surface area contributed by atoms with E-state index in [4.69, 9.17) is 0 Å². The number of fused-ring (bicyclic) bond motifs is 7. The monoisotopic (exact) mass is 273 g/mol. The van der Waals surface area contributed by atoms with Gasteiger partial charge >= 0.3 is 0 Å². The molecule has 5 rings (SSSR count). The molecule has 20 heavy (non-hydrogen) atoms. The molecule has 2 heteroatoms. The number of nitrogens with one attached hydrogen (secondary N) is 1. The molecule has 5 aromatic rings. The predicted molar refractivity (Wildman–Crippen MR) is 88.7 cm³/mol. The number of hydrogen-bond acceptors (Lipinski definition) is 1. The van der Waals surface area contributed by atoms with Gasteiger partial charge in [-0.3, -0.25) is 0 Å². The molecule has 0 bridgehead atoms. The Kier molecular flexibility index (Phi) is 1.89. The Morgan fingerprint density at radius 2 is 1.50 bits per heavy atom. The van der Waals surface area contributed by atoms with Gasteiger partial charge in [0.05, 0.1) is 0 Å². The topological polar surface area (TPSA) is 15.8 Å². The van der Waals surface area contributed by atoms with Crippen molar-refractivity contribution in [2.75, 3.05) is 0 Å². The summed E-state index contributed by atoms with van der Waals surface area (Å²) in [6.07, 6.45) is 0. The van der Waals surface area contributed by atoms with Gasteiger partial charge in [-0.2, -0.15) is 0 Å². The molecule has 0 aliphatic rings. The summed E-state index contributed by atoms with van der Waals surface area (Å²) >= 11 is 1.82. The van der Waals surface area contributed by atoms with Crippen LogP contribution in [0.5, 0.6) is 0 Å². The van der Waals surface area contributed by atoms with Crippen LogP contribution in [0.25, 0.3) is 42.7 Å². The summed E-state index contributed by atoms with van der Waals surface area (Å²) in [5, 5.41) is 8.85. The Labute approximate surface area is 119 Å². The quantitative estimate of drug-likeness (QED) is 0.373. The Balaban J connectivity index is 2.20. The molecule has 0 spiro atoms. The average Bonchev–Trinajstić information content (AvgIpc) is 3.10. The lowest BCUT2D eigenvalue weighted by Gasteiger charge is -2.00. The smallest absolute Gasteiger partial charge is 0.0479 e. The second-order valence-electron chi connectivity index (χ2n) is 5.16. The number of thiophene rings is 1. The summed E-state index contributed by atoms with van der Waals surface area (Å²) in [5.41, 5.74) is 2.45. The standard InChI is InChI=1S/C18H11NS/c1-2-4-13-11(3-1)5-7-14-16(13)17-15(19-14)8-6-12-9-10-20-18(12)17/h1-10,19H. The zero-order valence-electron chi connectivity index (χ0n) is 10.7. The van der Waals surface area contributed by atoms with Crippen LogP contribution >= 0.6 is 11.3 Å². The highest BCUT2D eigenvalue weighted by Crippen LogP contribution is 2.38. The number of aromatic amines is 1. The van der Waals surface area contributed by atoms with Crippen molar-refractivity contribution in [2.45, 2.75) is 0 Å². The lowest BCUT2D eigenvalue weighted by Crippen LogP contribution is -1.74. The van der Waals surface area contributed by atoms with Gasteiger partial charge in [0.1, 0.15) is 0 Å². The minimum Gasteiger partial charge on any atom is -0.354 e. The van der Waals surface area contributed by atoms with E-state index in [2.05, 4.69) is 65.0 Å². The van der Waals surface area contributed by atoms with Gasteiger partial charge in [0, 0.05) is 26.5 Å².